The number of ether oxygens (including phenoxy) is 3. The lowest BCUT2D eigenvalue weighted by Crippen LogP contribution is -2.37. The molecule has 98 valence electrons. The number of rotatable bonds is 6. The molecule has 0 unspecified atom stereocenters. The highest BCUT2D eigenvalue weighted by Gasteiger charge is 2.13. The summed E-state index contributed by atoms with van der Waals surface area (Å²) in [4.78, 5) is 24.4. The predicted molar refractivity (Wildman–Crippen MR) is 59.5 cm³/mol. The second-order valence-corrected chi connectivity index (χ2v) is 3.67. The lowest BCUT2D eigenvalue weighted by molar-refractivity contribution is -0.158. The van der Waals surface area contributed by atoms with Crippen LogP contribution in [0.15, 0.2) is 0 Å². The third-order valence-electron chi connectivity index (χ3n) is 2.39. The van der Waals surface area contributed by atoms with Crippen molar-refractivity contribution in [1.82, 2.24) is 4.90 Å². The van der Waals surface area contributed by atoms with E-state index in [1.54, 1.807) is 6.92 Å². The molecule has 0 radical (unpaired) electrons. The molecule has 6 heteroatoms. The van der Waals surface area contributed by atoms with Gasteiger partial charge in [-0.05, 0) is 6.92 Å². The van der Waals surface area contributed by atoms with Gasteiger partial charge in [0.25, 0.3) is 0 Å². The van der Waals surface area contributed by atoms with E-state index in [1.165, 1.54) is 0 Å². The van der Waals surface area contributed by atoms with Crippen molar-refractivity contribution in [3.8, 4) is 0 Å². The van der Waals surface area contributed by atoms with Gasteiger partial charge >= 0.3 is 11.9 Å². The maximum absolute atomic E-state index is 11.3. The molecular weight excluding hydrogens is 226 g/mol. The molecule has 1 fully saturated rings. The summed E-state index contributed by atoms with van der Waals surface area (Å²) in [6.07, 6.45) is 0.291. The fourth-order valence-corrected chi connectivity index (χ4v) is 1.49. The summed E-state index contributed by atoms with van der Waals surface area (Å²) < 4.78 is 14.6. The van der Waals surface area contributed by atoms with Gasteiger partial charge in [0, 0.05) is 19.6 Å². The molecule has 0 bridgehead atoms. The zero-order valence-electron chi connectivity index (χ0n) is 10.1. The van der Waals surface area contributed by atoms with Crippen LogP contribution in [0.4, 0.5) is 0 Å². The summed E-state index contributed by atoms with van der Waals surface area (Å²) in [5.74, 6) is -0.878. The van der Waals surface area contributed by atoms with Gasteiger partial charge in [0.05, 0.1) is 26.2 Å². The molecule has 0 aromatic heterocycles. The van der Waals surface area contributed by atoms with Gasteiger partial charge in [-0.15, -0.1) is 0 Å². The Morgan fingerprint density at radius 1 is 1.18 bits per heavy atom. The summed E-state index contributed by atoms with van der Waals surface area (Å²) in [5.41, 5.74) is 0. The highest BCUT2D eigenvalue weighted by atomic mass is 16.6. The minimum absolute atomic E-state index is 0.291. The Kier molecular flexibility index (Phi) is 6.57. The molecule has 0 amide bonds. The number of carbonyl (C=O) groups is 2. The van der Waals surface area contributed by atoms with Gasteiger partial charge in [0.15, 0.2) is 6.61 Å². The second-order valence-electron chi connectivity index (χ2n) is 3.67. The zero-order valence-corrected chi connectivity index (χ0v) is 10.1. The van der Waals surface area contributed by atoms with Crippen LogP contribution in [-0.4, -0.2) is 62.9 Å². The standard InChI is InChI=1S/C11H19NO5/c1-2-16-11(14)9-17-10(13)3-4-12-5-7-15-8-6-12/h2-9H2,1H3. The first-order chi connectivity index (χ1) is 8.22. The molecule has 6 nitrogen and oxygen atoms in total. The summed E-state index contributed by atoms with van der Waals surface area (Å²) in [5, 5.41) is 0. The summed E-state index contributed by atoms with van der Waals surface area (Å²) in [6, 6.07) is 0. The van der Waals surface area contributed by atoms with Gasteiger partial charge in [-0.1, -0.05) is 0 Å². The molecule has 1 aliphatic heterocycles. The fraction of sp³-hybridized carbons (Fsp3) is 0.818. The van der Waals surface area contributed by atoms with Crippen LogP contribution in [0.25, 0.3) is 0 Å². The van der Waals surface area contributed by atoms with E-state index in [-0.39, 0.29) is 12.6 Å². The van der Waals surface area contributed by atoms with Crippen molar-refractivity contribution in [3.05, 3.63) is 0 Å². The van der Waals surface area contributed by atoms with Crippen LogP contribution in [0, 0.1) is 0 Å². The maximum Gasteiger partial charge on any atom is 0.344 e. The average molecular weight is 245 g/mol. The van der Waals surface area contributed by atoms with Crippen LogP contribution >= 0.6 is 0 Å². The molecule has 0 aromatic carbocycles. The lowest BCUT2D eigenvalue weighted by atomic mass is 10.3. The minimum atomic E-state index is -0.507. The Morgan fingerprint density at radius 2 is 1.88 bits per heavy atom. The van der Waals surface area contributed by atoms with E-state index < -0.39 is 5.97 Å². The molecular formula is C11H19NO5. The third-order valence-corrected chi connectivity index (χ3v) is 2.39. The first-order valence-electron chi connectivity index (χ1n) is 5.83. The number of nitrogens with zero attached hydrogens (tertiary/aromatic N) is 1. The van der Waals surface area contributed by atoms with E-state index in [9.17, 15) is 9.59 Å². The average Bonchev–Trinajstić information content (AvgIpc) is 2.35. The second kappa shape index (κ2) is 8.03. The topological polar surface area (TPSA) is 65.1 Å². The van der Waals surface area contributed by atoms with Crippen molar-refractivity contribution >= 4 is 11.9 Å². The molecule has 0 saturated carbocycles. The lowest BCUT2D eigenvalue weighted by Gasteiger charge is -2.25. The van der Waals surface area contributed by atoms with Crippen LogP contribution in [-0.2, 0) is 23.8 Å². The van der Waals surface area contributed by atoms with Gasteiger partial charge in [-0.3, -0.25) is 9.69 Å². The van der Waals surface area contributed by atoms with Gasteiger partial charge in [-0.25, -0.2) is 4.79 Å². The van der Waals surface area contributed by atoms with Gasteiger partial charge in [0.1, 0.15) is 0 Å². The number of esters is 2. The zero-order chi connectivity index (χ0) is 12.5. The molecule has 1 saturated heterocycles. The SMILES string of the molecule is CCOC(=O)COC(=O)CCN1CCOCC1. The number of carbonyl (C=O) groups excluding carboxylic acids is 2. The first-order valence-corrected chi connectivity index (χ1v) is 5.83. The van der Waals surface area contributed by atoms with Crippen molar-refractivity contribution in [2.24, 2.45) is 0 Å². The third kappa shape index (κ3) is 6.23. The van der Waals surface area contributed by atoms with Crippen LogP contribution < -0.4 is 0 Å². The molecule has 17 heavy (non-hydrogen) atoms. The van der Waals surface area contributed by atoms with Crippen LogP contribution in [0.1, 0.15) is 13.3 Å². The first kappa shape index (κ1) is 13.9. The highest BCUT2D eigenvalue weighted by molar-refractivity contribution is 5.76. The smallest absolute Gasteiger partial charge is 0.344 e. The molecule has 1 aliphatic rings. The molecule has 0 atom stereocenters. The monoisotopic (exact) mass is 245 g/mol. The minimum Gasteiger partial charge on any atom is -0.463 e. The van der Waals surface area contributed by atoms with E-state index in [0.717, 1.165) is 13.1 Å². The van der Waals surface area contributed by atoms with E-state index in [4.69, 9.17) is 9.47 Å². The van der Waals surface area contributed by atoms with Crippen molar-refractivity contribution in [3.63, 3.8) is 0 Å². The maximum atomic E-state index is 11.3. The number of hydrogen-bond donors (Lipinski definition) is 0. The fourth-order valence-electron chi connectivity index (χ4n) is 1.49. The van der Waals surface area contributed by atoms with E-state index in [0.29, 0.717) is 32.8 Å². The quantitative estimate of drug-likeness (QED) is 0.605. The van der Waals surface area contributed by atoms with Gasteiger partial charge < -0.3 is 14.2 Å². The highest BCUT2D eigenvalue weighted by Crippen LogP contribution is 1.99. The Morgan fingerprint density at radius 3 is 2.53 bits per heavy atom. The van der Waals surface area contributed by atoms with Gasteiger partial charge in [0.2, 0.25) is 0 Å². The number of morpholine rings is 1. The summed E-state index contributed by atoms with van der Waals surface area (Å²) in [7, 11) is 0. The van der Waals surface area contributed by atoms with Gasteiger partial charge in [-0.2, -0.15) is 0 Å². The Labute approximate surface area is 101 Å². The van der Waals surface area contributed by atoms with Crippen molar-refractivity contribution in [2.75, 3.05) is 46.1 Å². The summed E-state index contributed by atoms with van der Waals surface area (Å²) in [6.45, 7) is 5.44. The molecule has 0 spiro atoms. The molecule has 0 aromatic rings. The van der Waals surface area contributed by atoms with E-state index in [2.05, 4.69) is 9.64 Å². The number of hydrogen-bond acceptors (Lipinski definition) is 6. The Balaban J connectivity index is 2.06. The van der Waals surface area contributed by atoms with Crippen LogP contribution in [0.5, 0.6) is 0 Å². The molecule has 0 aliphatic carbocycles. The largest absolute Gasteiger partial charge is 0.463 e. The Hall–Kier alpha value is -1.14. The van der Waals surface area contributed by atoms with Crippen LogP contribution in [0.2, 0.25) is 0 Å². The Bertz CT molecular complexity index is 250. The van der Waals surface area contributed by atoms with E-state index in [1.807, 2.05) is 0 Å². The van der Waals surface area contributed by atoms with Crippen molar-refractivity contribution in [1.29, 1.82) is 0 Å². The summed E-state index contributed by atoms with van der Waals surface area (Å²) >= 11 is 0. The molecule has 1 rings (SSSR count). The molecule has 1 heterocycles. The molecule has 0 N–H and O–H groups in total. The predicted octanol–water partition coefficient (Wildman–Crippen LogP) is -0.185. The van der Waals surface area contributed by atoms with E-state index >= 15 is 0 Å². The van der Waals surface area contributed by atoms with Crippen molar-refractivity contribution < 1.29 is 23.8 Å². The van der Waals surface area contributed by atoms with Crippen molar-refractivity contribution in [2.45, 2.75) is 13.3 Å². The normalized spacial score (nSPS) is 16.5. The van der Waals surface area contributed by atoms with Crippen LogP contribution in [0.3, 0.4) is 0 Å².